The third-order valence-electron chi connectivity index (χ3n) is 2.47. The van der Waals surface area contributed by atoms with E-state index in [9.17, 15) is 9.59 Å². The van der Waals surface area contributed by atoms with E-state index in [0.29, 0.717) is 5.69 Å². The lowest BCUT2D eigenvalue weighted by Crippen LogP contribution is -2.32. The summed E-state index contributed by atoms with van der Waals surface area (Å²) in [5.74, 6) is -1.60. The van der Waals surface area contributed by atoms with E-state index in [4.69, 9.17) is 0 Å². The first-order valence-corrected chi connectivity index (χ1v) is 6.89. The van der Waals surface area contributed by atoms with Crippen LogP contribution < -0.4 is 10.7 Å². The van der Waals surface area contributed by atoms with Crippen LogP contribution in [0.4, 0.5) is 5.69 Å². The van der Waals surface area contributed by atoms with Gasteiger partial charge in [0.1, 0.15) is 0 Å². The Bertz CT molecular complexity index is 672. The van der Waals surface area contributed by atoms with Crippen molar-refractivity contribution < 1.29 is 9.59 Å². The van der Waals surface area contributed by atoms with Crippen molar-refractivity contribution in [3.8, 4) is 0 Å². The third-order valence-corrected chi connectivity index (χ3v) is 2.96. The van der Waals surface area contributed by atoms with Crippen LogP contribution in [-0.4, -0.2) is 18.0 Å². The summed E-state index contributed by atoms with van der Waals surface area (Å²) >= 11 is 3.33. The largest absolute Gasteiger partial charge is 0.329 e. The second kappa shape index (κ2) is 7.35. The highest BCUT2D eigenvalue weighted by Crippen LogP contribution is 2.09. The molecule has 21 heavy (non-hydrogen) atoms. The van der Waals surface area contributed by atoms with Crippen molar-refractivity contribution in [2.24, 2.45) is 5.10 Å². The Hall–Kier alpha value is -2.47. The van der Waals surface area contributed by atoms with E-state index in [-0.39, 0.29) is 0 Å². The Morgan fingerprint density at radius 3 is 2.48 bits per heavy atom. The number of nitrogens with zero attached hydrogens (tertiary/aromatic N) is 1. The summed E-state index contributed by atoms with van der Waals surface area (Å²) in [6.45, 7) is 0. The van der Waals surface area contributed by atoms with E-state index in [1.54, 1.807) is 24.3 Å². The van der Waals surface area contributed by atoms with Crippen LogP contribution in [0, 0.1) is 0 Å². The number of hydrogen-bond donors (Lipinski definition) is 2. The fourth-order valence-electron chi connectivity index (χ4n) is 1.51. The lowest BCUT2D eigenvalue weighted by molar-refractivity contribution is -0.136. The fraction of sp³-hybridized carbons (Fsp3) is 0. The average molecular weight is 346 g/mol. The number of hydrogen-bond acceptors (Lipinski definition) is 3. The SMILES string of the molecule is O=C(NN=Cc1cccc(Br)c1)C(=O)Nc1ccccc1. The molecule has 0 unspecified atom stereocenters. The minimum atomic E-state index is -0.829. The van der Waals surface area contributed by atoms with Gasteiger partial charge in [-0.05, 0) is 29.8 Å². The molecule has 0 saturated carbocycles. The fourth-order valence-corrected chi connectivity index (χ4v) is 1.93. The summed E-state index contributed by atoms with van der Waals surface area (Å²) in [5, 5.41) is 6.21. The van der Waals surface area contributed by atoms with Gasteiger partial charge in [0, 0.05) is 10.2 Å². The molecule has 2 rings (SSSR count). The molecular weight excluding hydrogens is 334 g/mol. The Labute approximate surface area is 130 Å². The van der Waals surface area contributed by atoms with Crippen LogP contribution in [0.2, 0.25) is 0 Å². The average Bonchev–Trinajstić information content (AvgIpc) is 2.48. The molecule has 2 N–H and O–H groups in total. The van der Waals surface area contributed by atoms with Gasteiger partial charge < -0.3 is 5.32 Å². The molecule has 5 nitrogen and oxygen atoms in total. The molecule has 0 aliphatic heterocycles. The van der Waals surface area contributed by atoms with Crippen molar-refractivity contribution in [2.75, 3.05) is 5.32 Å². The van der Waals surface area contributed by atoms with Crippen LogP contribution in [0.1, 0.15) is 5.56 Å². The van der Waals surface area contributed by atoms with Gasteiger partial charge in [0.25, 0.3) is 0 Å². The summed E-state index contributed by atoms with van der Waals surface area (Å²) in [6.07, 6.45) is 1.46. The lowest BCUT2D eigenvalue weighted by Gasteiger charge is -2.03. The standard InChI is InChI=1S/C15H12BrN3O2/c16-12-6-4-5-11(9-12)10-17-19-15(21)14(20)18-13-7-2-1-3-8-13/h1-10H,(H,18,20)(H,19,21). The molecule has 0 aliphatic carbocycles. The smallest absolute Gasteiger partial charge is 0.318 e. The van der Waals surface area contributed by atoms with E-state index >= 15 is 0 Å². The highest BCUT2D eigenvalue weighted by atomic mass is 79.9. The molecule has 0 radical (unpaired) electrons. The van der Waals surface area contributed by atoms with Crippen LogP contribution >= 0.6 is 15.9 Å². The molecule has 2 amide bonds. The molecule has 2 aromatic carbocycles. The number of hydrazone groups is 1. The lowest BCUT2D eigenvalue weighted by atomic mass is 10.2. The number of carbonyl (C=O) groups is 2. The maximum absolute atomic E-state index is 11.6. The van der Waals surface area contributed by atoms with Gasteiger partial charge in [0.2, 0.25) is 0 Å². The highest BCUT2D eigenvalue weighted by molar-refractivity contribution is 9.10. The number of rotatable bonds is 3. The predicted octanol–water partition coefficient (Wildman–Crippen LogP) is 2.54. The normalized spacial score (nSPS) is 10.3. The van der Waals surface area contributed by atoms with E-state index in [1.165, 1.54) is 6.21 Å². The van der Waals surface area contributed by atoms with Crippen LogP contribution in [0.5, 0.6) is 0 Å². The molecule has 0 spiro atoms. The Morgan fingerprint density at radius 1 is 1.00 bits per heavy atom. The number of anilines is 1. The summed E-state index contributed by atoms with van der Waals surface area (Å²) in [6, 6.07) is 16.1. The van der Waals surface area contributed by atoms with E-state index < -0.39 is 11.8 Å². The topological polar surface area (TPSA) is 70.6 Å². The molecule has 2 aromatic rings. The summed E-state index contributed by atoms with van der Waals surface area (Å²) in [7, 11) is 0. The van der Waals surface area contributed by atoms with E-state index in [2.05, 4.69) is 31.8 Å². The summed E-state index contributed by atoms with van der Waals surface area (Å²) in [5.41, 5.74) is 3.52. The van der Waals surface area contributed by atoms with Gasteiger partial charge in [-0.15, -0.1) is 0 Å². The molecule has 0 bridgehead atoms. The van der Waals surface area contributed by atoms with Gasteiger partial charge in [-0.25, -0.2) is 5.43 Å². The number of para-hydroxylation sites is 1. The minimum Gasteiger partial charge on any atom is -0.318 e. The van der Waals surface area contributed by atoms with Crippen LogP contribution in [-0.2, 0) is 9.59 Å². The van der Waals surface area contributed by atoms with Crippen LogP contribution in [0.15, 0.2) is 64.2 Å². The minimum absolute atomic E-state index is 0.550. The van der Waals surface area contributed by atoms with Gasteiger partial charge in [-0.2, -0.15) is 5.10 Å². The van der Waals surface area contributed by atoms with Crippen LogP contribution in [0.25, 0.3) is 0 Å². The first-order chi connectivity index (χ1) is 10.1. The number of benzene rings is 2. The number of nitrogens with one attached hydrogen (secondary N) is 2. The van der Waals surface area contributed by atoms with E-state index in [1.807, 2.05) is 30.3 Å². The first kappa shape index (κ1) is 14.9. The zero-order chi connectivity index (χ0) is 15.1. The molecule has 106 valence electrons. The maximum Gasteiger partial charge on any atom is 0.329 e. The quantitative estimate of drug-likeness (QED) is 0.509. The molecule has 6 heteroatoms. The molecular formula is C15H12BrN3O2. The summed E-state index contributed by atoms with van der Waals surface area (Å²) < 4.78 is 0.902. The number of halogens is 1. The second-order valence-electron chi connectivity index (χ2n) is 4.07. The van der Waals surface area contributed by atoms with Gasteiger partial charge in [0.15, 0.2) is 0 Å². The Morgan fingerprint density at radius 2 is 1.76 bits per heavy atom. The molecule has 0 atom stereocenters. The number of carbonyl (C=O) groups excluding carboxylic acids is 2. The molecule has 0 fully saturated rings. The van der Waals surface area contributed by atoms with Crippen LogP contribution in [0.3, 0.4) is 0 Å². The van der Waals surface area contributed by atoms with Crippen molar-refractivity contribution in [1.29, 1.82) is 0 Å². The van der Waals surface area contributed by atoms with Gasteiger partial charge in [-0.1, -0.05) is 46.3 Å². The maximum atomic E-state index is 11.6. The van der Waals surface area contributed by atoms with Crippen molar-refractivity contribution in [3.63, 3.8) is 0 Å². The van der Waals surface area contributed by atoms with Gasteiger partial charge >= 0.3 is 11.8 Å². The van der Waals surface area contributed by atoms with Crippen molar-refractivity contribution >= 4 is 39.6 Å². The van der Waals surface area contributed by atoms with Crippen molar-refractivity contribution in [1.82, 2.24) is 5.43 Å². The molecule has 0 aliphatic rings. The monoisotopic (exact) mass is 345 g/mol. The van der Waals surface area contributed by atoms with Gasteiger partial charge in [0.05, 0.1) is 6.21 Å². The zero-order valence-electron chi connectivity index (χ0n) is 10.9. The third kappa shape index (κ3) is 4.85. The van der Waals surface area contributed by atoms with Gasteiger partial charge in [-0.3, -0.25) is 9.59 Å². The molecule has 0 saturated heterocycles. The first-order valence-electron chi connectivity index (χ1n) is 6.10. The van der Waals surface area contributed by atoms with Crippen molar-refractivity contribution in [3.05, 3.63) is 64.6 Å². The molecule has 0 aromatic heterocycles. The Balaban J connectivity index is 1.88. The van der Waals surface area contributed by atoms with E-state index in [0.717, 1.165) is 10.0 Å². The summed E-state index contributed by atoms with van der Waals surface area (Å²) in [4.78, 5) is 23.2. The predicted molar refractivity (Wildman–Crippen MR) is 85.0 cm³/mol. The second-order valence-corrected chi connectivity index (χ2v) is 4.99. The van der Waals surface area contributed by atoms with Crippen molar-refractivity contribution in [2.45, 2.75) is 0 Å². The Kier molecular flexibility index (Phi) is 5.22. The number of amides is 2. The molecule has 0 heterocycles. The zero-order valence-corrected chi connectivity index (χ0v) is 12.5. The highest BCUT2D eigenvalue weighted by Gasteiger charge is 2.12.